The Morgan fingerprint density at radius 1 is 0.418 bits per heavy atom. The molecule has 10 heteroatoms. The van der Waals surface area contributed by atoms with Crippen molar-refractivity contribution in [2.75, 3.05) is 0 Å². The fourth-order valence-corrected chi connectivity index (χ4v) is 8.31. The molecule has 300 valence electrons. The van der Waals surface area contributed by atoms with Crippen molar-refractivity contribution in [3.8, 4) is 17.2 Å². The first-order valence-electron chi connectivity index (χ1n) is 19.1. The molecule has 3 aromatic carbocycles. The van der Waals surface area contributed by atoms with Crippen LogP contribution in [0.25, 0.3) is 0 Å². The van der Waals surface area contributed by atoms with Gasteiger partial charge in [-0.1, -0.05) is 161 Å². The van der Waals surface area contributed by atoms with E-state index < -0.39 is 41.4 Å². The second-order valence-electron chi connectivity index (χ2n) is 20.9. The number of nitrogens with one attached hydrogen (secondary N) is 2. The molecule has 0 spiro atoms. The van der Waals surface area contributed by atoms with Crippen molar-refractivity contribution in [1.82, 2.24) is 14.3 Å². The van der Waals surface area contributed by atoms with Gasteiger partial charge < -0.3 is 0 Å². The van der Waals surface area contributed by atoms with E-state index in [1.807, 2.05) is 36.4 Å². The number of aromatic nitrogens is 3. The monoisotopic (exact) mass is 774 g/mol. The van der Waals surface area contributed by atoms with Crippen LogP contribution in [0.5, 0.6) is 17.2 Å². The van der Waals surface area contributed by atoms with Crippen LogP contribution in [-0.4, -0.2) is 14.3 Å². The van der Waals surface area contributed by atoms with E-state index in [0.29, 0.717) is 17.2 Å². The summed E-state index contributed by atoms with van der Waals surface area (Å²) in [5.74, 6) is 1.12. The molecule has 0 saturated carbocycles. The highest BCUT2D eigenvalue weighted by atomic mass is 31.2. The molecule has 0 aliphatic rings. The molecule has 2 N–H and O–H groups in total. The van der Waals surface area contributed by atoms with Gasteiger partial charge in [-0.3, -0.25) is 23.5 Å². The minimum Gasteiger partial charge on any atom is -0.256 e. The van der Waals surface area contributed by atoms with Gasteiger partial charge in [-0.2, -0.15) is 0 Å². The summed E-state index contributed by atoms with van der Waals surface area (Å²) in [6.45, 7) is 38.0. The highest BCUT2D eigenvalue weighted by Gasteiger charge is 2.60. The van der Waals surface area contributed by atoms with Gasteiger partial charge in [0, 0.05) is 16.7 Å². The van der Waals surface area contributed by atoms with Crippen molar-refractivity contribution in [2.45, 2.75) is 157 Å². The molecule has 0 atom stereocenters. The molecule has 0 aliphatic carbocycles. The quantitative estimate of drug-likeness (QED) is 0.181. The summed E-state index contributed by atoms with van der Waals surface area (Å²) in [5.41, 5.74) is 0.781. The zero-order valence-electron chi connectivity index (χ0n) is 36.5. The van der Waals surface area contributed by atoms with Gasteiger partial charge in [0.2, 0.25) is 0 Å². The fraction of sp³-hybridized carbons (Fsp3) is 0.533. The van der Waals surface area contributed by atoms with Gasteiger partial charge in [0.1, 0.15) is 0 Å². The average molecular weight is 775 g/mol. The largest absolute Gasteiger partial charge is 0.683 e. The van der Waals surface area contributed by atoms with Crippen LogP contribution >= 0.6 is 8.09 Å². The van der Waals surface area contributed by atoms with Crippen LogP contribution in [0.4, 0.5) is 0 Å². The normalized spacial score (nSPS) is 13.5. The standard InChI is InChI=1S/C45H64N3O6P/c1-40(2,3)28-19-22-34(31(25-28)43(10,11)12)52-55(48-38(50)46-37(49)47-39(48)51,53-35-23-20-29(41(4,5)6)26-32(35)44(13,14)15)54-36-24-21-30(42(7,8)9)27-33(36)45(16,17)18/h19-27H,1-18H3,(H-,46,47,49,50,51)/p+1. The number of benzene rings is 3. The number of aromatic amines is 2. The van der Waals surface area contributed by atoms with Crippen LogP contribution in [0.3, 0.4) is 0 Å². The Morgan fingerprint density at radius 3 is 0.891 bits per heavy atom. The van der Waals surface area contributed by atoms with Crippen molar-refractivity contribution < 1.29 is 13.6 Å². The van der Waals surface area contributed by atoms with E-state index in [9.17, 15) is 14.4 Å². The topological polar surface area (TPSA) is 115 Å². The summed E-state index contributed by atoms with van der Waals surface area (Å²) < 4.78 is 22.2. The Labute approximate surface area is 328 Å². The molecule has 0 aliphatic heterocycles. The zero-order valence-corrected chi connectivity index (χ0v) is 37.4. The summed E-state index contributed by atoms with van der Waals surface area (Å²) in [6, 6.07) is 17.8. The smallest absolute Gasteiger partial charge is 0.256 e. The maximum Gasteiger partial charge on any atom is 0.683 e. The van der Waals surface area contributed by atoms with Crippen molar-refractivity contribution in [3.05, 3.63) is 119 Å². The average Bonchev–Trinajstić information content (AvgIpc) is 2.97. The third-order valence-corrected chi connectivity index (χ3v) is 11.8. The molecular formula is C45H65N3O6P+. The molecule has 0 saturated heterocycles. The molecule has 0 amide bonds. The molecule has 55 heavy (non-hydrogen) atoms. The van der Waals surface area contributed by atoms with E-state index >= 15 is 0 Å². The SMILES string of the molecule is CC(C)(C)c1ccc(O[P+](Oc2ccc(C(C)(C)C)cc2C(C)(C)C)(Oc2ccc(C(C)(C)C)cc2C(C)(C)C)n2c(=O)[nH]c(=O)[nH]c2=O)c(C(C)(C)C)c1. The van der Waals surface area contributed by atoms with E-state index in [0.717, 1.165) is 37.7 Å². The van der Waals surface area contributed by atoms with Crippen LogP contribution < -0.4 is 30.6 Å². The second kappa shape index (κ2) is 14.4. The molecule has 9 nitrogen and oxygen atoms in total. The minimum absolute atomic E-state index is 0.183. The van der Waals surface area contributed by atoms with E-state index in [2.05, 4.69) is 153 Å². The van der Waals surface area contributed by atoms with Gasteiger partial charge in [-0.15, -0.1) is 0 Å². The van der Waals surface area contributed by atoms with Gasteiger partial charge in [-0.05, 0) is 71.7 Å². The molecule has 1 heterocycles. The van der Waals surface area contributed by atoms with Crippen LogP contribution in [0.15, 0.2) is 69.0 Å². The Kier molecular flexibility index (Phi) is 11.5. The lowest BCUT2D eigenvalue weighted by Gasteiger charge is -2.31. The summed E-state index contributed by atoms with van der Waals surface area (Å²) in [6.07, 6.45) is 0. The number of hydrogen-bond acceptors (Lipinski definition) is 6. The fourth-order valence-electron chi connectivity index (χ4n) is 6.18. The first-order valence-corrected chi connectivity index (χ1v) is 20.6. The number of H-pyrrole nitrogens is 2. The number of hydrogen-bond donors (Lipinski definition) is 2. The van der Waals surface area contributed by atoms with Gasteiger partial charge in [0.05, 0.1) is 0 Å². The van der Waals surface area contributed by atoms with Crippen LogP contribution in [0, 0.1) is 0 Å². The lowest BCUT2D eigenvalue weighted by atomic mass is 9.80. The Bertz CT molecular complexity index is 2000. The third kappa shape index (κ3) is 9.83. The Balaban J connectivity index is 2.24. The summed E-state index contributed by atoms with van der Waals surface area (Å²) in [4.78, 5) is 45.4. The summed E-state index contributed by atoms with van der Waals surface area (Å²) in [7, 11) is -4.48. The van der Waals surface area contributed by atoms with Crippen LogP contribution in [0.1, 0.15) is 158 Å². The minimum atomic E-state index is -4.48. The predicted molar refractivity (Wildman–Crippen MR) is 228 cm³/mol. The van der Waals surface area contributed by atoms with E-state index in [-0.39, 0.29) is 16.2 Å². The second-order valence-corrected chi connectivity index (χ2v) is 22.8. The van der Waals surface area contributed by atoms with Crippen molar-refractivity contribution in [1.29, 1.82) is 0 Å². The number of rotatable bonds is 7. The summed E-state index contributed by atoms with van der Waals surface area (Å²) >= 11 is 0. The summed E-state index contributed by atoms with van der Waals surface area (Å²) in [5, 5.41) is 0. The van der Waals surface area contributed by atoms with Gasteiger partial charge >= 0.3 is 25.2 Å². The first-order chi connectivity index (χ1) is 24.7. The molecular weight excluding hydrogens is 709 g/mol. The first kappa shape index (κ1) is 43.6. The van der Waals surface area contributed by atoms with Crippen molar-refractivity contribution >= 4 is 8.09 Å². The van der Waals surface area contributed by atoms with Gasteiger partial charge in [-0.25, -0.2) is 14.4 Å². The lowest BCUT2D eigenvalue weighted by molar-refractivity contribution is 0.324. The lowest BCUT2D eigenvalue weighted by Crippen LogP contribution is -2.46. The molecule has 1 aromatic heterocycles. The predicted octanol–water partition coefficient (Wildman–Crippen LogP) is 10.8. The molecule has 0 fully saturated rings. The van der Waals surface area contributed by atoms with Crippen LogP contribution in [-0.2, 0) is 32.5 Å². The van der Waals surface area contributed by atoms with E-state index in [1.165, 1.54) is 0 Å². The van der Waals surface area contributed by atoms with Gasteiger partial charge in [0.25, 0.3) is 0 Å². The van der Waals surface area contributed by atoms with Crippen molar-refractivity contribution in [2.24, 2.45) is 0 Å². The third-order valence-electron chi connectivity index (χ3n) is 9.67. The highest BCUT2D eigenvalue weighted by molar-refractivity contribution is 7.61. The highest BCUT2D eigenvalue weighted by Crippen LogP contribution is 2.62. The zero-order chi connectivity index (χ0) is 41.9. The molecule has 4 aromatic rings. The van der Waals surface area contributed by atoms with E-state index in [4.69, 9.17) is 13.6 Å². The Hall–Kier alpha value is -4.10. The molecule has 4 rings (SSSR count). The molecule has 0 radical (unpaired) electrons. The number of nitrogens with zero attached hydrogens (tertiary/aromatic N) is 1. The Morgan fingerprint density at radius 2 is 0.673 bits per heavy atom. The maximum atomic E-state index is 14.2. The van der Waals surface area contributed by atoms with E-state index in [1.54, 1.807) is 0 Å². The van der Waals surface area contributed by atoms with Crippen LogP contribution in [0.2, 0.25) is 0 Å². The molecule has 0 unspecified atom stereocenters. The molecule has 0 bridgehead atoms. The van der Waals surface area contributed by atoms with Gasteiger partial charge in [0.15, 0.2) is 17.2 Å². The van der Waals surface area contributed by atoms with Crippen molar-refractivity contribution in [3.63, 3.8) is 0 Å². The maximum absolute atomic E-state index is 14.2.